The molecule has 2 aromatic carbocycles. The summed E-state index contributed by atoms with van der Waals surface area (Å²) in [6.07, 6.45) is 0. The molecule has 0 unspecified atom stereocenters. The molecule has 0 N–H and O–H groups in total. The topological polar surface area (TPSA) is 33.2 Å². The lowest BCUT2D eigenvalue weighted by Gasteiger charge is -2.16. The van der Waals surface area contributed by atoms with Crippen molar-refractivity contribution in [3.05, 3.63) is 64.7 Å². The average Bonchev–Trinajstić information content (AvgIpc) is 2.89. The Morgan fingerprint density at radius 2 is 1.86 bits per heavy atom. The second kappa shape index (κ2) is 5.66. The van der Waals surface area contributed by atoms with Gasteiger partial charge in [0.2, 0.25) is 0 Å². The van der Waals surface area contributed by atoms with Crippen molar-refractivity contribution in [2.45, 2.75) is 13.5 Å². The van der Waals surface area contributed by atoms with Gasteiger partial charge < -0.3 is 4.90 Å². The predicted molar refractivity (Wildman–Crippen MR) is 86.6 cm³/mol. The molecule has 0 atom stereocenters. The first kappa shape index (κ1) is 13.8. The van der Waals surface area contributed by atoms with Gasteiger partial charge in [0.25, 0.3) is 5.91 Å². The molecule has 0 bridgehead atoms. The first-order valence-electron chi connectivity index (χ1n) is 6.80. The van der Waals surface area contributed by atoms with Crippen LogP contribution in [0.5, 0.6) is 0 Å². The number of carbonyl (C=O) groups excluding carboxylic acids is 1. The molecule has 106 valence electrons. The van der Waals surface area contributed by atoms with Crippen molar-refractivity contribution in [2.75, 3.05) is 7.05 Å². The summed E-state index contributed by atoms with van der Waals surface area (Å²) in [6, 6.07) is 15.7. The van der Waals surface area contributed by atoms with Gasteiger partial charge >= 0.3 is 0 Å². The van der Waals surface area contributed by atoms with Crippen molar-refractivity contribution in [3.8, 4) is 0 Å². The zero-order chi connectivity index (χ0) is 14.8. The standard InChI is InChI=1S/C17H16N2OS/c1-12-7-3-4-8-13(12)17(20)19(2)11-16-18-14-9-5-6-10-15(14)21-16/h3-10H,11H2,1-2H3. The van der Waals surface area contributed by atoms with Crippen LogP contribution in [0.2, 0.25) is 0 Å². The number of para-hydroxylation sites is 1. The van der Waals surface area contributed by atoms with Gasteiger partial charge in [-0.25, -0.2) is 4.98 Å². The number of aromatic nitrogens is 1. The fraction of sp³-hybridized carbons (Fsp3) is 0.176. The number of fused-ring (bicyclic) bond motifs is 1. The van der Waals surface area contributed by atoms with Crippen LogP contribution in [0.4, 0.5) is 0 Å². The summed E-state index contributed by atoms with van der Waals surface area (Å²) in [6.45, 7) is 2.49. The van der Waals surface area contributed by atoms with E-state index in [4.69, 9.17) is 0 Å². The maximum atomic E-state index is 12.5. The van der Waals surface area contributed by atoms with Crippen LogP contribution in [0, 0.1) is 6.92 Å². The Morgan fingerprint density at radius 1 is 1.14 bits per heavy atom. The van der Waals surface area contributed by atoms with Gasteiger partial charge in [0.05, 0.1) is 16.8 Å². The van der Waals surface area contributed by atoms with Crippen molar-refractivity contribution in [3.63, 3.8) is 0 Å². The lowest BCUT2D eigenvalue weighted by atomic mass is 10.1. The number of aryl methyl sites for hydroxylation is 1. The van der Waals surface area contributed by atoms with Crippen LogP contribution in [0.25, 0.3) is 10.2 Å². The first-order valence-corrected chi connectivity index (χ1v) is 7.62. The molecule has 0 aliphatic carbocycles. The molecule has 0 spiro atoms. The summed E-state index contributed by atoms with van der Waals surface area (Å²) < 4.78 is 1.16. The lowest BCUT2D eigenvalue weighted by molar-refractivity contribution is 0.0784. The minimum Gasteiger partial charge on any atom is -0.335 e. The number of rotatable bonds is 3. The Labute approximate surface area is 127 Å². The Morgan fingerprint density at radius 3 is 2.62 bits per heavy atom. The number of nitrogens with zero attached hydrogens (tertiary/aromatic N) is 2. The quantitative estimate of drug-likeness (QED) is 0.735. The lowest BCUT2D eigenvalue weighted by Crippen LogP contribution is -2.26. The van der Waals surface area contributed by atoms with Gasteiger partial charge in [-0.1, -0.05) is 30.3 Å². The van der Waals surface area contributed by atoms with E-state index in [2.05, 4.69) is 11.1 Å². The van der Waals surface area contributed by atoms with Gasteiger partial charge in [-0.05, 0) is 30.7 Å². The molecule has 21 heavy (non-hydrogen) atoms. The second-order valence-corrected chi connectivity index (χ2v) is 6.17. The van der Waals surface area contributed by atoms with Crippen molar-refractivity contribution in [1.82, 2.24) is 9.88 Å². The molecular weight excluding hydrogens is 280 g/mol. The predicted octanol–water partition coefficient (Wildman–Crippen LogP) is 3.88. The van der Waals surface area contributed by atoms with E-state index < -0.39 is 0 Å². The Bertz CT molecular complexity index is 761. The molecule has 0 saturated carbocycles. The third kappa shape index (κ3) is 2.81. The largest absolute Gasteiger partial charge is 0.335 e. The molecule has 0 aliphatic rings. The molecule has 3 rings (SSSR count). The van der Waals surface area contributed by atoms with E-state index in [9.17, 15) is 4.79 Å². The smallest absolute Gasteiger partial charge is 0.254 e. The molecule has 3 nitrogen and oxygen atoms in total. The second-order valence-electron chi connectivity index (χ2n) is 5.05. The zero-order valence-electron chi connectivity index (χ0n) is 12.0. The highest BCUT2D eigenvalue weighted by Crippen LogP contribution is 2.23. The van der Waals surface area contributed by atoms with Crippen LogP contribution >= 0.6 is 11.3 Å². The van der Waals surface area contributed by atoms with Crippen molar-refractivity contribution in [1.29, 1.82) is 0 Å². The summed E-state index contributed by atoms with van der Waals surface area (Å²) in [4.78, 5) is 18.8. The van der Waals surface area contributed by atoms with E-state index in [1.807, 2.05) is 56.4 Å². The monoisotopic (exact) mass is 296 g/mol. The number of thiazole rings is 1. The fourth-order valence-electron chi connectivity index (χ4n) is 2.28. The molecule has 1 amide bonds. The highest BCUT2D eigenvalue weighted by Gasteiger charge is 2.15. The number of benzene rings is 2. The van der Waals surface area contributed by atoms with Gasteiger partial charge in [0.1, 0.15) is 5.01 Å². The van der Waals surface area contributed by atoms with Crippen LogP contribution in [0.3, 0.4) is 0 Å². The molecule has 0 radical (unpaired) electrons. The average molecular weight is 296 g/mol. The number of hydrogen-bond acceptors (Lipinski definition) is 3. The molecule has 1 aromatic heterocycles. The first-order chi connectivity index (χ1) is 10.1. The normalized spacial score (nSPS) is 10.8. The van der Waals surface area contributed by atoms with Gasteiger partial charge in [0.15, 0.2) is 0 Å². The molecular formula is C17H16N2OS. The summed E-state index contributed by atoms with van der Waals surface area (Å²) in [5.41, 5.74) is 2.74. The molecule has 0 aliphatic heterocycles. The fourth-order valence-corrected chi connectivity index (χ4v) is 3.30. The van der Waals surface area contributed by atoms with Gasteiger partial charge in [-0.2, -0.15) is 0 Å². The third-order valence-corrected chi connectivity index (χ3v) is 4.45. The molecule has 1 heterocycles. The van der Waals surface area contributed by atoms with Crippen molar-refractivity contribution in [2.24, 2.45) is 0 Å². The van der Waals surface area contributed by atoms with Crippen LogP contribution in [-0.4, -0.2) is 22.8 Å². The van der Waals surface area contributed by atoms with Crippen LogP contribution < -0.4 is 0 Å². The Balaban J connectivity index is 1.81. The molecule has 0 saturated heterocycles. The minimum absolute atomic E-state index is 0.0346. The van der Waals surface area contributed by atoms with Crippen LogP contribution in [0.15, 0.2) is 48.5 Å². The van der Waals surface area contributed by atoms with Gasteiger partial charge in [-0.3, -0.25) is 4.79 Å². The molecule has 4 heteroatoms. The maximum absolute atomic E-state index is 12.5. The van der Waals surface area contributed by atoms with Gasteiger partial charge in [-0.15, -0.1) is 11.3 Å². The third-order valence-electron chi connectivity index (χ3n) is 3.43. The number of hydrogen-bond donors (Lipinski definition) is 0. The maximum Gasteiger partial charge on any atom is 0.254 e. The Kier molecular flexibility index (Phi) is 3.71. The summed E-state index contributed by atoms with van der Waals surface area (Å²) in [5.74, 6) is 0.0346. The van der Waals surface area contributed by atoms with E-state index in [0.717, 1.165) is 26.4 Å². The number of carbonyl (C=O) groups is 1. The summed E-state index contributed by atoms with van der Waals surface area (Å²) >= 11 is 1.64. The summed E-state index contributed by atoms with van der Waals surface area (Å²) in [5, 5.41) is 0.959. The highest BCUT2D eigenvalue weighted by atomic mass is 32.1. The summed E-state index contributed by atoms with van der Waals surface area (Å²) in [7, 11) is 1.82. The van der Waals surface area contributed by atoms with Crippen LogP contribution in [-0.2, 0) is 6.54 Å². The van der Waals surface area contributed by atoms with E-state index in [0.29, 0.717) is 6.54 Å². The van der Waals surface area contributed by atoms with Crippen molar-refractivity contribution < 1.29 is 4.79 Å². The zero-order valence-corrected chi connectivity index (χ0v) is 12.9. The SMILES string of the molecule is Cc1ccccc1C(=O)N(C)Cc1nc2ccccc2s1. The highest BCUT2D eigenvalue weighted by molar-refractivity contribution is 7.18. The van der Waals surface area contributed by atoms with Crippen molar-refractivity contribution >= 4 is 27.5 Å². The molecule has 0 fully saturated rings. The van der Waals surface area contributed by atoms with Crippen LogP contribution in [0.1, 0.15) is 20.9 Å². The number of amides is 1. The van der Waals surface area contributed by atoms with E-state index in [1.165, 1.54) is 0 Å². The van der Waals surface area contributed by atoms with E-state index in [1.54, 1.807) is 16.2 Å². The van der Waals surface area contributed by atoms with E-state index in [-0.39, 0.29) is 5.91 Å². The Hall–Kier alpha value is -2.20. The van der Waals surface area contributed by atoms with Gasteiger partial charge in [0, 0.05) is 12.6 Å². The molecule has 3 aromatic rings. The minimum atomic E-state index is 0.0346. The van der Waals surface area contributed by atoms with E-state index >= 15 is 0 Å².